The van der Waals surface area contributed by atoms with Gasteiger partial charge >= 0.3 is 0 Å². The zero-order chi connectivity index (χ0) is 13.5. The van der Waals surface area contributed by atoms with E-state index >= 15 is 0 Å². The second kappa shape index (κ2) is 7.53. The SMILES string of the molecule is CC(NCCCOc1ccccc1)c1ccc(Cl)s1. The van der Waals surface area contributed by atoms with Crippen LogP contribution in [-0.2, 0) is 0 Å². The predicted octanol–water partition coefficient (Wildman–Crippen LogP) is 4.52. The molecule has 0 fully saturated rings. The maximum absolute atomic E-state index is 5.93. The molecule has 1 atom stereocenters. The quantitative estimate of drug-likeness (QED) is 0.758. The number of hydrogen-bond acceptors (Lipinski definition) is 3. The average molecular weight is 296 g/mol. The van der Waals surface area contributed by atoms with Crippen LogP contribution in [0.3, 0.4) is 0 Å². The van der Waals surface area contributed by atoms with E-state index in [4.69, 9.17) is 16.3 Å². The number of benzene rings is 1. The fraction of sp³-hybridized carbons (Fsp3) is 0.333. The molecule has 1 aromatic heterocycles. The molecule has 0 saturated heterocycles. The standard InChI is InChI=1S/C15H18ClNOS/c1-12(14-8-9-15(16)19-14)17-10-5-11-18-13-6-3-2-4-7-13/h2-4,6-9,12,17H,5,10-11H2,1H3. The Morgan fingerprint density at radius 3 is 2.68 bits per heavy atom. The minimum Gasteiger partial charge on any atom is -0.494 e. The fourth-order valence-corrected chi connectivity index (χ4v) is 2.85. The molecule has 0 aliphatic heterocycles. The molecule has 0 radical (unpaired) electrons. The van der Waals surface area contributed by atoms with Gasteiger partial charge in [-0.05, 0) is 44.2 Å². The van der Waals surface area contributed by atoms with Crippen molar-refractivity contribution in [2.75, 3.05) is 13.2 Å². The van der Waals surface area contributed by atoms with Gasteiger partial charge in [-0.1, -0.05) is 29.8 Å². The minimum absolute atomic E-state index is 0.342. The Bertz CT molecular complexity index is 486. The van der Waals surface area contributed by atoms with Crippen molar-refractivity contribution in [1.82, 2.24) is 5.32 Å². The molecule has 0 bridgehead atoms. The van der Waals surface area contributed by atoms with Crippen molar-refractivity contribution >= 4 is 22.9 Å². The Morgan fingerprint density at radius 1 is 1.21 bits per heavy atom. The van der Waals surface area contributed by atoms with Gasteiger partial charge in [-0.3, -0.25) is 0 Å². The monoisotopic (exact) mass is 295 g/mol. The normalized spacial score (nSPS) is 12.3. The van der Waals surface area contributed by atoms with E-state index < -0.39 is 0 Å². The summed E-state index contributed by atoms with van der Waals surface area (Å²) in [6.07, 6.45) is 0.984. The molecule has 2 aromatic rings. The van der Waals surface area contributed by atoms with Gasteiger partial charge in [0, 0.05) is 10.9 Å². The summed E-state index contributed by atoms with van der Waals surface area (Å²) in [4.78, 5) is 1.27. The van der Waals surface area contributed by atoms with Crippen molar-refractivity contribution in [3.63, 3.8) is 0 Å². The van der Waals surface area contributed by atoms with Crippen molar-refractivity contribution in [2.45, 2.75) is 19.4 Å². The molecule has 1 heterocycles. The second-order valence-corrected chi connectivity index (χ2v) is 6.08. The molecule has 1 N–H and O–H groups in total. The van der Waals surface area contributed by atoms with Gasteiger partial charge in [0.2, 0.25) is 0 Å². The van der Waals surface area contributed by atoms with Crippen molar-refractivity contribution in [3.05, 3.63) is 51.7 Å². The third kappa shape index (κ3) is 4.86. The molecule has 1 aromatic carbocycles. The van der Waals surface area contributed by atoms with Crippen molar-refractivity contribution in [2.24, 2.45) is 0 Å². The molecule has 102 valence electrons. The van der Waals surface area contributed by atoms with Crippen LogP contribution in [0.5, 0.6) is 5.75 Å². The number of thiophene rings is 1. The Balaban J connectivity index is 1.62. The summed E-state index contributed by atoms with van der Waals surface area (Å²) in [7, 11) is 0. The van der Waals surface area contributed by atoms with E-state index in [2.05, 4.69) is 18.3 Å². The molecule has 0 aliphatic rings. The summed E-state index contributed by atoms with van der Waals surface area (Å²) in [5, 5.41) is 3.47. The molecule has 1 unspecified atom stereocenters. The Kier molecular flexibility index (Phi) is 5.70. The number of ether oxygens (including phenoxy) is 1. The summed E-state index contributed by atoms with van der Waals surface area (Å²) >= 11 is 7.55. The molecule has 19 heavy (non-hydrogen) atoms. The maximum Gasteiger partial charge on any atom is 0.119 e. The van der Waals surface area contributed by atoms with Crippen LogP contribution in [0, 0.1) is 0 Å². The van der Waals surface area contributed by atoms with Crippen LogP contribution in [-0.4, -0.2) is 13.2 Å². The predicted molar refractivity (Wildman–Crippen MR) is 82.3 cm³/mol. The summed E-state index contributed by atoms with van der Waals surface area (Å²) < 4.78 is 6.48. The van der Waals surface area contributed by atoms with Gasteiger partial charge in [-0.2, -0.15) is 0 Å². The first-order valence-corrected chi connectivity index (χ1v) is 7.61. The van der Waals surface area contributed by atoms with Gasteiger partial charge in [0.05, 0.1) is 10.9 Å². The topological polar surface area (TPSA) is 21.3 Å². The molecule has 0 spiro atoms. The highest BCUT2D eigenvalue weighted by Gasteiger charge is 2.06. The van der Waals surface area contributed by atoms with Crippen LogP contribution in [0.25, 0.3) is 0 Å². The van der Waals surface area contributed by atoms with Gasteiger partial charge in [-0.15, -0.1) is 11.3 Å². The Morgan fingerprint density at radius 2 is 2.00 bits per heavy atom. The van der Waals surface area contributed by atoms with Gasteiger partial charge in [0.1, 0.15) is 5.75 Å². The smallest absolute Gasteiger partial charge is 0.119 e. The lowest BCUT2D eigenvalue weighted by Crippen LogP contribution is -2.20. The second-order valence-electron chi connectivity index (χ2n) is 4.33. The molecular formula is C15H18ClNOS. The van der Waals surface area contributed by atoms with Gasteiger partial charge < -0.3 is 10.1 Å². The number of para-hydroxylation sites is 1. The Labute approximate surface area is 123 Å². The molecule has 4 heteroatoms. The zero-order valence-corrected chi connectivity index (χ0v) is 12.5. The van der Waals surface area contributed by atoms with Gasteiger partial charge in [0.15, 0.2) is 0 Å². The lowest BCUT2D eigenvalue weighted by atomic mass is 10.2. The summed E-state index contributed by atoms with van der Waals surface area (Å²) in [5.41, 5.74) is 0. The summed E-state index contributed by atoms with van der Waals surface area (Å²) in [6, 6.07) is 14.3. The average Bonchev–Trinajstić information content (AvgIpc) is 2.86. The summed E-state index contributed by atoms with van der Waals surface area (Å²) in [5.74, 6) is 0.931. The molecule has 0 saturated carbocycles. The minimum atomic E-state index is 0.342. The number of nitrogens with one attached hydrogen (secondary N) is 1. The molecule has 2 nitrogen and oxygen atoms in total. The van der Waals surface area contributed by atoms with Crippen LogP contribution in [0.1, 0.15) is 24.3 Å². The third-order valence-corrected chi connectivity index (χ3v) is 4.22. The van der Waals surface area contributed by atoms with Gasteiger partial charge in [-0.25, -0.2) is 0 Å². The van der Waals surface area contributed by atoms with Crippen molar-refractivity contribution in [1.29, 1.82) is 0 Å². The fourth-order valence-electron chi connectivity index (χ4n) is 1.76. The first kappa shape index (κ1) is 14.4. The van der Waals surface area contributed by atoms with E-state index in [0.29, 0.717) is 6.04 Å². The zero-order valence-electron chi connectivity index (χ0n) is 10.9. The largest absolute Gasteiger partial charge is 0.494 e. The van der Waals surface area contributed by atoms with Crippen molar-refractivity contribution < 1.29 is 4.74 Å². The molecular weight excluding hydrogens is 278 g/mol. The highest BCUT2D eigenvalue weighted by atomic mass is 35.5. The van der Waals surface area contributed by atoms with Crippen LogP contribution >= 0.6 is 22.9 Å². The van der Waals surface area contributed by atoms with Crippen LogP contribution in [0.15, 0.2) is 42.5 Å². The molecule has 0 aliphatic carbocycles. The maximum atomic E-state index is 5.93. The van der Waals surface area contributed by atoms with Crippen LogP contribution in [0.4, 0.5) is 0 Å². The Hall–Kier alpha value is -1.03. The van der Waals surface area contributed by atoms with E-state index in [1.807, 2.05) is 36.4 Å². The summed E-state index contributed by atoms with van der Waals surface area (Å²) in [6.45, 7) is 3.82. The lowest BCUT2D eigenvalue weighted by molar-refractivity contribution is 0.306. The number of halogens is 1. The number of hydrogen-bond donors (Lipinski definition) is 1. The lowest BCUT2D eigenvalue weighted by Gasteiger charge is -2.12. The van der Waals surface area contributed by atoms with E-state index in [1.165, 1.54) is 4.88 Å². The van der Waals surface area contributed by atoms with Crippen molar-refractivity contribution in [3.8, 4) is 5.75 Å². The van der Waals surface area contributed by atoms with E-state index in [-0.39, 0.29) is 0 Å². The van der Waals surface area contributed by atoms with Crippen LogP contribution in [0.2, 0.25) is 4.34 Å². The number of rotatable bonds is 7. The first-order chi connectivity index (χ1) is 9.25. The highest BCUT2D eigenvalue weighted by molar-refractivity contribution is 7.16. The van der Waals surface area contributed by atoms with E-state index in [0.717, 1.165) is 29.7 Å². The first-order valence-electron chi connectivity index (χ1n) is 6.42. The van der Waals surface area contributed by atoms with Gasteiger partial charge in [0.25, 0.3) is 0 Å². The van der Waals surface area contributed by atoms with E-state index in [1.54, 1.807) is 11.3 Å². The molecule has 2 rings (SSSR count). The third-order valence-electron chi connectivity index (χ3n) is 2.80. The van der Waals surface area contributed by atoms with Crippen LogP contribution < -0.4 is 10.1 Å². The molecule has 0 amide bonds. The van der Waals surface area contributed by atoms with E-state index in [9.17, 15) is 0 Å². The highest BCUT2D eigenvalue weighted by Crippen LogP contribution is 2.26.